The Labute approximate surface area is 129 Å². The lowest BCUT2D eigenvalue weighted by molar-refractivity contribution is 0.746. The van der Waals surface area contributed by atoms with E-state index in [2.05, 4.69) is 62.4 Å². The van der Waals surface area contributed by atoms with Crippen molar-refractivity contribution < 1.29 is 0 Å². The van der Waals surface area contributed by atoms with E-state index in [0.717, 1.165) is 28.8 Å². The molecule has 1 aromatic carbocycles. The quantitative estimate of drug-likeness (QED) is 0.542. The molecule has 0 saturated carbocycles. The highest BCUT2D eigenvalue weighted by Gasteiger charge is 2.13. The second-order valence-electron chi connectivity index (χ2n) is 4.42. The van der Waals surface area contributed by atoms with Crippen molar-refractivity contribution in [2.24, 2.45) is 7.05 Å². The molecule has 0 spiro atoms. The van der Waals surface area contributed by atoms with E-state index in [0.29, 0.717) is 4.77 Å². The van der Waals surface area contributed by atoms with E-state index in [1.54, 1.807) is 0 Å². The van der Waals surface area contributed by atoms with Gasteiger partial charge in [0.2, 0.25) is 0 Å². The third-order valence-electron chi connectivity index (χ3n) is 3.10. The fourth-order valence-corrected chi connectivity index (χ4v) is 3.08. The number of aromatic amines is 1. The summed E-state index contributed by atoms with van der Waals surface area (Å²) >= 11 is 7.76. The summed E-state index contributed by atoms with van der Waals surface area (Å²) < 4.78 is 5.80. The van der Waals surface area contributed by atoms with Gasteiger partial charge in [0.15, 0.2) is 4.77 Å². The minimum atomic E-state index is 0.708. The minimum absolute atomic E-state index is 0.708. The topological polar surface area (TPSA) is 38.5 Å². The molecule has 4 nitrogen and oxygen atoms in total. The monoisotopic (exact) mass is 384 g/mol. The second-order valence-corrected chi connectivity index (χ2v) is 6.05. The summed E-state index contributed by atoms with van der Waals surface area (Å²) in [4.78, 5) is 3.26. The first kappa shape index (κ1) is 12.9. The normalized spacial score (nSPS) is 11.3. The maximum atomic E-state index is 5.46. The first-order valence-electron chi connectivity index (χ1n) is 6.03. The number of rotatable bonds is 2. The van der Waals surface area contributed by atoms with Gasteiger partial charge in [0.25, 0.3) is 0 Å². The number of aryl methyl sites for hydroxylation is 2. The molecular formula is C13H13IN4S. The van der Waals surface area contributed by atoms with Crippen molar-refractivity contribution >= 4 is 45.8 Å². The van der Waals surface area contributed by atoms with E-state index < -0.39 is 0 Å². The highest BCUT2D eigenvalue weighted by Crippen LogP contribution is 2.23. The van der Waals surface area contributed by atoms with Crippen LogP contribution in [0, 0.1) is 8.34 Å². The lowest BCUT2D eigenvalue weighted by atomic mass is 10.2. The minimum Gasteiger partial charge on any atom is -0.330 e. The van der Waals surface area contributed by atoms with Crippen molar-refractivity contribution in [2.75, 3.05) is 0 Å². The molecule has 6 heteroatoms. The Hall–Kier alpha value is -1.15. The molecule has 2 heterocycles. The standard InChI is InChI=1S/C13H13IN4S/c1-3-9-12(7-17(2)16-9)18-11-5-4-8(14)6-10(11)15-13(18)19/h4-7H,3H2,1-2H3,(H,15,19). The van der Waals surface area contributed by atoms with Crippen LogP contribution in [0.1, 0.15) is 12.6 Å². The van der Waals surface area contributed by atoms with Gasteiger partial charge in [-0.15, -0.1) is 0 Å². The number of aromatic nitrogens is 4. The zero-order chi connectivity index (χ0) is 13.6. The van der Waals surface area contributed by atoms with Crippen LogP contribution in [0.5, 0.6) is 0 Å². The summed E-state index contributed by atoms with van der Waals surface area (Å²) in [6.45, 7) is 2.10. The van der Waals surface area contributed by atoms with Crippen molar-refractivity contribution in [1.82, 2.24) is 19.3 Å². The maximum Gasteiger partial charge on any atom is 0.182 e. The average Bonchev–Trinajstić information content (AvgIpc) is 2.87. The van der Waals surface area contributed by atoms with Crippen LogP contribution in [-0.4, -0.2) is 19.3 Å². The number of hydrogen-bond acceptors (Lipinski definition) is 2. The van der Waals surface area contributed by atoms with Gasteiger partial charge in [-0.3, -0.25) is 9.25 Å². The Morgan fingerprint density at radius 3 is 2.95 bits per heavy atom. The number of H-pyrrole nitrogens is 1. The van der Waals surface area contributed by atoms with Crippen molar-refractivity contribution in [3.63, 3.8) is 0 Å². The predicted octanol–water partition coefficient (Wildman–Crippen LogP) is 3.59. The van der Waals surface area contributed by atoms with Gasteiger partial charge in [0.1, 0.15) is 0 Å². The van der Waals surface area contributed by atoms with Gasteiger partial charge in [0.05, 0.1) is 22.4 Å². The maximum absolute atomic E-state index is 5.46. The molecular weight excluding hydrogens is 371 g/mol. The van der Waals surface area contributed by atoms with Crippen LogP contribution in [0.3, 0.4) is 0 Å². The van der Waals surface area contributed by atoms with Gasteiger partial charge >= 0.3 is 0 Å². The number of imidazole rings is 1. The van der Waals surface area contributed by atoms with Crippen LogP contribution in [0.25, 0.3) is 16.7 Å². The third kappa shape index (κ3) is 2.12. The van der Waals surface area contributed by atoms with E-state index in [-0.39, 0.29) is 0 Å². The highest BCUT2D eigenvalue weighted by atomic mass is 127. The molecule has 0 amide bonds. The Kier molecular flexibility index (Phi) is 3.22. The molecule has 0 aliphatic carbocycles. The average molecular weight is 384 g/mol. The van der Waals surface area contributed by atoms with Gasteiger partial charge in [-0.05, 0) is 59.4 Å². The zero-order valence-electron chi connectivity index (χ0n) is 10.6. The van der Waals surface area contributed by atoms with Crippen molar-refractivity contribution in [2.45, 2.75) is 13.3 Å². The zero-order valence-corrected chi connectivity index (χ0v) is 13.6. The van der Waals surface area contributed by atoms with E-state index in [9.17, 15) is 0 Å². The van der Waals surface area contributed by atoms with Crippen LogP contribution in [0.4, 0.5) is 0 Å². The number of hydrogen-bond donors (Lipinski definition) is 1. The van der Waals surface area contributed by atoms with Crippen LogP contribution in [0.15, 0.2) is 24.4 Å². The summed E-state index contributed by atoms with van der Waals surface area (Å²) in [6.07, 6.45) is 2.90. The molecule has 0 unspecified atom stereocenters. The van der Waals surface area contributed by atoms with Crippen LogP contribution >= 0.6 is 34.8 Å². The van der Waals surface area contributed by atoms with E-state index in [1.807, 2.05) is 17.9 Å². The Balaban J connectivity index is 2.36. The lowest BCUT2D eigenvalue weighted by Gasteiger charge is -2.03. The molecule has 0 atom stereocenters. The summed E-state index contributed by atoms with van der Waals surface area (Å²) in [6, 6.07) is 6.28. The fraction of sp³-hybridized carbons (Fsp3) is 0.231. The van der Waals surface area contributed by atoms with E-state index in [4.69, 9.17) is 12.2 Å². The summed E-state index contributed by atoms with van der Waals surface area (Å²) in [5.74, 6) is 0. The molecule has 0 aliphatic rings. The summed E-state index contributed by atoms with van der Waals surface area (Å²) in [5.41, 5.74) is 4.26. The first-order chi connectivity index (χ1) is 9.10. The van der Waals surface area contributed by atoms with Gasteiger partial charge in [0, 0.05) is 16.8 Å². The fourth-order valence-electron chi connectivity index (χ4n) is 2.28. The van der Waals surface area contributed by atoms with Gasteiger partial charge in [-0.1, -0.05) is 6.92 Å². The molecule has 0 aliphatic heterocycles. The van der Waals surface area contributed by atoms with Crippen LogP contribution < -0.4 is 0 Å². The predicted molar refractivity (Wildman–Crippen MR) is 87.3 cm³/mol. The van der Waals surface area contributed by atoms with Crippen LogP contribution in [-0.2, 0) is 13.5 Å². The lowest BCUT2D eigenvalue weighted by Crippen LogP contribution is -1.96. The molecule has 19 heavy (non-hydrogen) atoms. The molecule has 0 radical (unpaired) electrons. The second kappa shape index (κ2) is 4.75. The largest absolute Gasteiger partial charge is 0.330 e. The molecule has 98 valence electrons. The highest BCUT2D eigenvalue weighted by molar-refractivity contribution is 14.1. The number of fused-ring (bicyclic) bond motifs is 1. The third-order valence-corrected chi connectivity index (χ3v) is 4.06. The number of benzene rings is 1. The van der Waals surface area contributed by atoms with Crippen molar-refractivity contribution in [1.29, 1.82) is 0 Å². The SMILES string of the molecule is CCc1nn(C)cc1-n1c(=S)[nH]c2cc(I)ccc21. The number of nitrogens with one attached hydrogen (secondary N) is 1. The Morgan fingerprint density at radius 1 is 1.42 bits per heavy atom. The van der Waals surface area contributed by atoms with Crippen molar-refractivity contribution in [3.8, 4) is 5.69 Å². The van der Waals surface area contributed by atoms with Crippen molar-refractivity contribution in [3.05, 3.63) is 38.4 Å². The molecule has 0 bridgehead atoms. The Morgan fingerprint density at radius 2 is 2.21 bits per heavy atom. The molecule has 0 saturated heterocycles. The van der Waals surface area contributed by atoms with E-state index in [1.165, 1.54) is 3.57 Å². The number of nitrogens with zero attached hydrogens (tertiary/aromatic N) is 3. The summed E-state index contributed by atoms with van der Waals surface area (Å²) in [7, 11) is 1.93. The smallest absolute Gasteiger partial charge is 0.182 e. The Bertz CT molecular complexity index is 812. The van der Waals surface area contributed by atoms with Gasteiger partial charge in [-0.25, -0.2) is 0 Å². The molecule has 3 aromatic rings. The van der Waals surface area contributed by atoms with E-state index >= 15 is 0 Å². The molecule has 1 N–H and O–H groups in total. The number of halogens is 1. The van der Waals surface area contributed by atoms with Crippen LogP contribution in [0.2, 0.25) is 0 Å². The molecule has 3 rings (SSSR count). The summed E-state index contributed by atoms with van der Waals surface area (Å²) in [5, 5.41) is 4.48. The van der Waals surface area contributed by atoms with Gasteiger partial charge in [-0.2, -0.15) is 5.10 Å². The molecule has 2 aromatic heterocycles. The first-order valence-corrected chi connectivity index (χ1v) is 7.52. The van der Waals surface area contributed by atoms with Gasteiger partial charge < -0.3 is 4.98 Å². The molecule has 0 fully saturated rings.